The van der Waals surface area contributed by atoms with Gasteiger partial charge in [0.2, 0.25) is 5.91 Å². The van der Waals surface area contributed by atoms with E-state index in [2.05, 4.69) is 29.7 Å². The molecule has 2 N–H and O–H groups in total. The van der Waals surface area contributed by atoms with E-state index in [1.54, 1.807) is 0 Å². The molecule has 4 nitrogen and oxygen atoms in total. The number of carbonyl (C=O) groups excluding carboxylic acids is 1. The molecular weight excluding hydrogens is 312 g/mol. The van der Waals surface area contributed by atoms with Gasteiger partial charge in [-0.3, -0.25) is 10.1 Å². The Balaban J connectivity index is 1.49. The summed E-state index contributed by atoms with van der Waals surface area (Å²) in [6, 6.07) is 18.5. The van der Waals surface area contributed by atoms with E-state index in [4.69, 9.17) is 4.74 Å². The summed E-state index contributed by atoms with van der Waals surface area (Å²) in [6.45, 7) is 4.54. The molecule has 2 aromatic carbocycles. The molecule has 1 amide bonds. The largest absolute Gasteiger partial charge is 0.489 e. The summed E-state index contributed by atoms with van der Waals surface area (Å²) in [5.74, 6) is 0.927. The van der Waals surface area contributed by atoms with E-state index in [0.717, 1.165) is 29.7 Å². The van der Waals surface area contributed by atoms with E-state index in [1.807, 2.05) is 49.4 Å². The molecule has 1 fully saturated rings. The van der Waals surface area contributed by atoms with Crippen LogP contribution in [0.3, 0.4) is 0 Å². The fourth-order valence-corrected chi connectivity index (χ4v) is 2.69. The Hall–Kier alpha value is -2.33. The quantitative estimate of drug-likeness (QED) is 0.773. The monoisotopic (exact) mass is 338 g/mol. The molecule has 0 radical (unpaired) electrons. The molecule has 1 saturated carbocycles. The summed E-state index contributed by atoms with van der Waals surface area (Å²) in [7, 11) is 0. The fraction of sp³-hybridized carbons (Fsp3) is 0.381. The number of rotatable bonds is 8. The van der Waals surface area contributed by atoms with Crippen LogP contribution >= 0.6 is 0 Å². The molecule has 0 aliphatic heterocycles. The van der Waals surface area contributed by atoms with Gasteiger partial charge in [-0.05, 0) is 49.9 Å². The third-order valence-electron chi connectivity index (χ3n) is 4.45. The van der Waals surface area contributed by atoms with Crippen LogP contribution < -0.4 is 15.4 Å². The van der Waals surface area contributed by atoms with Crippen LogP contribution in [0.1, 0.15) is 43.9 Å². The SMILES string of the molecule is CC(NC(C)c1ccc(OCc2ccccc2)cc1)C(=O)NC1CC1. The highest BCUT2D eigenvalue weighted by molar-refractivity contribution is 5.81. The third kappa shape index (κ3) is 5.33. The minimum Gasteiger partial charge on any atom is -0.489 e. The van der Waals surface area contributed by atoms with Crippen LogP contribution in [0.15, 0.2) is 54.6 Å². The van der Waals surface area contributed by atoms with Crippen molar-refractivity contribution in [3.8, 4) is 5.75 Å². The van der Waals surface area contributed by atoms with Gasteiger partial charge in [0.25, 0.3) is 0 Å². The molecule has 2 unspecified atom stereocenters. The van der Waals surface area contributed by atoms with Gasteiger partial charge < -0.3 is 10.1 Å². The molecule has 3 rings (SSSR count). The highest BCUT2D eigenvalue weighted by atomic mass is 16.5. The van der Waals surface area contributed by atoms with Gasteiger partial charge in [-0.2, -0.15) is 0 Å². The van der Waals surface area contributed by atoms with Crippen molar-refractivity contribution in [1.82, 2.24) is 10.6 Å². The smallest absolute Gasteiger partial charge is 0.237 e. The number of nitrogens with one attached hydrogen (secondary N) is 2. The van der Waals surface area contributed by atoms with Crippen LogP contribution in [-0.4, -0.2) is 18.0 Å². The molecule has 2 atom stereocenters. The summed E-state index contributed by atoms with van der Waals surface area (Å²) in [5, 5.41) is 6.38. The summed E-state index contributed by atoms with van der Waals surface area (Å²) in [5.41, 5.74) is 2.29. The fourth-order valence-electron chi connectivity index (χ4n) is 2.69. The third-order valence-corrected chi connectivity index (χ3v) is 4.45. The molecule has 2 aromatic rings. The summed E-state index contributed by atoms with van der Waals surface area (Å²) >= 11 is 0. The second kappa shape index (κ2) is 8.17. The van der Waals surface area contributed by atoms with Crippen molar-refractivity contribution in [1.29, 1.82) is 0 Å². The predicted octanol–water partition coefficient (Wildman–Crippen LogP) is 3.58. The van der Waals surface area contributed by atoms with Gasteiger partial charge >= 0.3 is 0 Å². The number of carbonyl (C=O) groups is 1. The van der Waals surface area contributed by atoms with Crippen LogP contribution in [0.25, 0.3) is 0 Å². The van der Waals surface area contributed by atoms with Gasteiger partial charge in [-0.15, -0.1) is 0 Å². The summed E-state index contributed by atoms with van der Waals surface area (Å²) in [6.07, 6.45) is 2.22. The Morgan fingerprint density at radius 2 is 1.76 bits per heavy atom. The Bertz CT molecular complexity index is 681. The van der Waals surface area contributed by atoms with Crippen molar-refractivity contribution in [3.63, 3.8) is 0 Å². The highest BCUT2D eigenvalue weighted by Gasteiger charge is 2.26. The Labute approximate surface area is 149 Å². The second-order valence-electron chi connectivity index (χ2n) is 6.74. The van der Waals surface area contributed by atoms with Gasteiger partial charge in [0.05, 0.1) is 6.04 Å². The van der Waals surface area contributed by atoms with E-state index < -0.39 is 0 Å². The lowest BCUT2D eigenvalue weighted by atomic mass is 10.1. The molecule has 1 aliphatic rings. The molecule has 0 aromatic heterocycles. The zero-order chi connectivity index (χ0) is 17.6. The predicted molar refractivity (Wildman–Crippen MR) is 99.4 cm³/mol. The van der Waals surface area contributed by atoms with Crippen molar-refractivity contribution in [2.45, 2.75) is 51.4 Å². The zero-order valence-electron chi connectivity index (χ0n) is 14.9. The Morgan fingerprint density at radius 3 is 2.40 bits per heavy atom. The van der Waals surface area contributed by atoms with Crippen LogP contribution in [0.5, 0.6) is 5.75 Å². The van der Waals surface area contributed by atoms with Crippen molar-refractivity contribution in [3.05, 3.63) is 65.7 Å². The van der Waals surface area contributed by atoms with Crippen molar-refractivity contribution < 1.29 is 9.53 Å². The summed E-state index contributed by atoms with van der Waals surface area (Å²) < 4.78 is 5.81. The summed E-state index contributed by atoms with van der Waals surface area (Å²) in [4.78, 5) is 12.0. The first-order valence-electron chi connectivity index (χ1n) is 8.95. The minimum atomic E-state index is -0.204. The first-order valence-corrected chi connectivity index (χ1v) is 8.95. The van der Waals surface area contributed by atoms with Crippen LogP contribution in [0.2, 0.25) is 0 Å². The molecule has 132 valence electrons. The van der Waals surface area contributed by atoms with Crippen molar-refractivity contribution in [2.24, 2.45) is 0 Å². The zero-order valence-corrected chi connectivity index (χ0v) is 14.9. The first kappa shape index (κ1) is 17.5. The molecular formula is C21H26N2O2. The molecule has 0 saturated heterocycles. The lowest BCUT2D eigenvalue weighted by Crippen LogP contribution is -2.43. The average molecular weight is 338 g/mol. The topological polar surface area (TPSA) is 50.4 Å². The number of ether oxygens (including phenoxy) is 1. The molecule has 25 heavy (non-hydrogen) atoms. The number of amides is 1. The number of hydrogen-bond donors (Lipinski definition) is 2. The van der Waals surface area contributed by atoms with E-state index in [-0.39, 0.29) is 18.0 Å². The standard InChI is InChI=1S/C21H26N2O2/c1-15(22-16(2)21(24)23-19-10-11-19)18-8-12-20(13-9-18)25-14-17-6-4-3-5-7-17/h3-9,12-13,15-16,19,22H,10-11,14H2,1-2H3,(H,23,24). The van der Waals surface area contributed by atoms with E-state index in [9.17, 15) is 4.79 Å². The minimum absolute atomic E-state index is 0.0807. The average Bonchev–Trinajstić information content (AvgIpc) is 3.45. The molecule has 0 spiro atoms. The molecule has 4 heteroatoms. The lowest BCUT2D eigenvalue weighted by Gasteiger charge is -2.20. The molecule has 0 bridgehead atoms. The van der Waals surface area contributed by atoms with Crippen LogP contribution in [0, 0.1) is 0 Å². The maximum absolute atomic E-state index is 12.0. The first-order chi connectivity index (χ1) is 12.1. The van der Waals surface area contributed by atoms with Crippen molar-refractivity contribution >= 4 is 5.91 Å². The highest BCUT2D eigenvalue weighted by Crippen LogP contribution is 2.20. The normalized spacial score (nSPS) is 16.1. The van der Waals surface area contributed by atoms with Gasteiger partial charge in [-0.1, -0.05) is 42.5 Å². The second-order valence-corrected chi connectivity index (χ2v) is 6.74. The van der Waals surface area contributed by atoms with Crippen LogP contribution in [-0.2, 0) is 11.4 Å². The van der Waals surface area contributed by atoms with Crippen molar-refractivity contribution in [2.75, 3.05) is 0 Å². The van der Waals surface area contributed by atoms with Crippen LogP contribution in [0.4, 0.5) is 0 Å². The number of benzene rings is 2. The Kier molecular flexibility index (Phi) is 5.71. The van der Waals surface area contributed by atoms with Gasteiger partial charge in [0.15, 0.2) is 0 Å². The molecule has 0 heterocycles. The van der Waals surface area contributed by atoms with Gasteiger partial charge in [0.1, 0.15) is 12.4 Å². The van der Waals surface area contributed by atoms with E-state index in [0.29, 0.717) is 12.6 Å². The Morgan fingerprint density at radius 1 is 1.08 bits per heavy atom. The maximum Gasteiger partial charge on any atom is 0.237 e. The lowest BCUT2D eigenvalue weighted by molar-refractivity contribution is -0.123. The van der Waals surface area contributed by atoms with E-state index in [1.165, 1.54) is 0 Å². The number of hydrogen-bond acceptors (Lipinski definition) is 3. The maximum atomic E-state index is 12.0. The molecule has 1 aliphatic carbocycles. The van der Waals surface area contributed by atoms with E-state index >= 15 is 0 Å². The van der Waals surface area contributed by atoms with Gasteiger partial charge in [0, 0.05) is 12.1 Å². The van der Waals surface area contributed by atoms with Gasteiger partial charge in [-0.25, -0.2) is 0 Å².